The van der Waals surface area contributed by atoms with Gasteiger partial charge in [-0.1, -0.05) is 0 Å². The third-order valence-electron chi connectivity index (χ3n) is 3.45. The number of hydrogen-bond acceptors (Lipinski definition) is 4. The SMILES string of the molecule is CCN(C(=O)c1sc(C)nc1C)C1CCNCC1. The first-order valence-electron chi connectivity index (χ1n) is 6.59. The maximum atomic E-state index is 12.6. The van der Waals surface area contributed by atoms with Crippen LogP contribution in [0.4, 0.5) is 0 Å². The van der Waals surface area contributed by atoms with Gasteiger partial charge < -0.3 is 10.2 Å². The van der Waals surface area contributed by atoms with Crippen molar-refractivity contribution in [3.05, 3.63) is 15.6 Å². The molecule has 18 heavy (non-hydrogen) atoms. The lowest BCUT2D eigenvalue weighted by atomic mass is 10.0. The van der Waals surface area contributed by atoms with Gasteiger partial charge in [-0.3, -0.25) is 4.79 Å². The number of hydrogen-bond donors (Lipinski definition) is 1. The first-order valence-corrected chi connectivity index (χ1v) is 7.40. The van der Waals surface area contributed by atoms with E-state index in [1.54, 1.807) is 0 Å². The average molecular weight is 267 g/mol. The number of nitrogens with one attached hydrogen (secondary N) is 1. The molecule has 1 N–H and O–H groups in total. The van der Waals surface area contributed by atoms with E-state index >= 15 is 0 Å². The summed E-state index contributed by atoms with van der Waals surface area (Å²) in [5.74, 6) is 0.160. The fraction of sp³-hybridized carbons (Fsp3) is 0.692. The van der Waals surface area contributed by atoms with Crippen LogP contribution in [0, 0.1) is 13.8 Å². The van der Waals surface area contributed by atoms with E-state index < -0.39 is 0 Å². The summed E-state index contributed by atoms with van der Waals surface area (Å²) in [6.45, 7) is 8.73. The van der Waals surface area contributed by atoms with Gasteiger partial charge in [-0.25, -0.2) is 4.98 Å². The predicted molar refractivity (Wildman–Crippen MR) is 74.2 cm³/mol. The molecule has 0 aromatic carbocycles. The van der Waals surface area contributed by atoms with Crippen molar-refractivity contribution < 1.29 is 4.79 Å². The minimum Gasteiger partial charge on any atom is -0.335 e. The molecule has 5 heteroatoms. The molecule has 0 bridgehead atoms. The predicted octanol–water partition coefficient (Wildman–Crippen LogP) is 1.97. The second-order valence-corrected chi connectivity index (χ2v) is 5.92. The van der Waals surface area contributed by atoms with Crippen LogP contribution >= 0.6 is 11.3 Å². The zero-order valence-electron chi connectivity index (χ0n) is 11.3. The lowest BCUT2D eigenvalue weighted by Crippen LogP contribution is -2.46. The quantitative estimate of drug-likeness (QED) is 0.911. The summed E-state index contributed by atoms with van der Waals surface area (Å²) in [6.07, 6.45) is 2.10. The highest BCUT2D eigenvalue weighted by molar-refractivity contribution is 7.13. The van der Waals surface area contributed by atoms with Gasteiger partial charge >= 0.3 is 0 Å². The number of aryl methyl sites for hydroxylation is 2. The van der Waals surface area contributed by atoms with Gasteiger partial charge in [0.15, 0.2) is 0 Å². The molecule has 1 aromatic heterocycles. The van der Waals surface area contributed by atoms with Crippen LogP contribution in [-0.4, -0.2) is 41.5 Å². The van der Waals surface area contributed by atoms with Crippen LogP contribution in [-0.2, 0) is 0 Å². The fourth-order valence-electron chi connectivity index (χ4n) is 2.55. The molecule has 2 heterocycles. The Hall–Kier alpha value is -0.940. The molecule has 0 saturated carbocycles. The number of thiazole rings is 1. The molecule has 1 aliphatic heterocycles. The van der Waals surface area contributed by atoms with E-state index in [4.69, 9.17) is 0 Å². The number of piperidine rings is 1. The van der Waals surface area contributed by atoms with Crippen molar-refractivity contribution in [1.82, 2.24) is 15.2 Å². The number of amides is 1. The molecule has 100 valence electrons. The molecule has 1 aliphatic rings. The molecule has 1 amide bonds. The van der Waals surface area contributed by atoms with E-state index in [0.29, 0.717) is 6.04 Å². The van der Waals surface area contributed by atoms with Gasteiger partial charge in [-0.2, -0.15) is 0 Å². The Kier molecular flexibility index (Phi) is 4.35. The Morgan fingerprint density at radius 1 is 1.44 bits per heavy atom. The standard InChI is InChI=1S/C13H21N3OS/c1-4-16(11-5-7-14-8-6-11)13(17)12-9(2)15-10(3)18-12/h11,14H,4-8H2,1-3H3. The van der Waals surface area contributed by atoms with Crippen molar-refractivity contribution in [2.45, 2.75) is 39.7 Å². The first kappa shape index (κ1) is 13.5. The second-order valence-electron chi connectivity index (χ2n) is 4.72. The van der Waals surface area contributed by atoms with E-state index in [1.165, 1.54) is 11.3 Å². The van der Waals surface area contributed by atoms with Crippen LogP contribution in [0.1, 0.15) is 40.1 Å². The molecular weight excluding hydrogens is 246 g/mol. The summed E-state index contributed by atoms with van der Waals surface area (Å²) in [6, 6.07) is 0.380. The normalized spacial score (nSPS) is 16.8. The van der Waals surface area contributed by atoms with Crippen molar-refractivity contribution in [2.75, 3.05) is 19.6 Å². The molecule has 2 rings (SSSR count). The second kappa shape index (κ2) is 5.80. The van der Waals surface area contributed by atoms with Crippen LogP contribution in [0.3, 0.4) is 0 Å². The minimum atomic E-state index is 0.160. The highest BCUT2D eigenvalue weighted by Crippen LogP contribution is 2.22. The van der Waals surface area contributed by atoms with Gasteiger partial charge in [0.1, 0.15) is 4.88 Å². The van der Waals surface area contributed by atoms with Crippen LogP contribution in [0.2, 0.25) is 0 Å². The number of carbonyl (C=O) groups is 1. The largest absolute Gasteiger partial charge is 0.335 e. The topological polar surface area (TPSA) is 45.2 Å². The monoisotopic (exact) mass is 267 g/mol. The van der Waals surface area contributed by atoms with Crippen LogP contribution in [0.5, 0.6) is 0 Å². The summed E-state index contributed by atoms with van der Waals surface area (Å²) < 4.78 is 0. The van der Waals surface area contributed by atoms with Crippen LogP contribution < -0.4 is 5.32 Å². The molecule has 0 radical (unpaired) electrons. The molecule has 0 unspecified atom stereocenters. The van der Waals surface area contributed by atoms with Gasteiger partial charge in [-0.15, -0.1) is 11.3 Å². The van der Waals surface area contributed by atoms with Crippen molar-refractivity contribution in [2.24, 2.45) is 0 Å². The number of aromatic nitrogens is 1. The molecule has 0 atom stereocenters. The van der Waals surface area contributed by atoms with Gasteiger partial charge in [0.25, 0.3) is 5.91 Å². The van der Waals surface area contributed by atoms with Gasteiger partial charge in [0.05, 0.1) is 10.7 Å². The van der Waals surface area contributed by atoms with Crippen molar-refractivity contribution in [3.8, 4) is 0 Å². The molecule has 4 nitrogen and oxygen atoms in total. The Morgan fingerprint density at radius 2 is 2.11 bits per heavy atom. The van der Waals surface area contributed by atoms with E-state index in [-0.39, 0.29) is 5.91 Å². The van der Waals surface area contributed by atoms with Gasteiger partial charge in [0, 0.05) is 12.6 Å². The summed E-state index contributed by atoms with van der Waals surface area (Å²) in [5, 5.41) is 4.31. The number of carbonyl (C=O) groups excluding carboxylic acids is 1. The molecule has 0 spiro atoms. The summed E-state index contributed by atoms with van der Waals surface area (Å²) in [5.41, 5.74) is 0.870. The molecule has 1 aromatic rings. The fourth-order valence-corrected chi connectivity index (χ4v) is 3.42. The van der Waals surface area contributed by atoms with Crippen LogP contribution in [0.25, 0.3) is 0 Å². The maximum Gasteiger partial charge on any atom is 0.266 e. The Labute approximate surface area is 112 Å². The lowest BCUT2D eigenvalue weighted by molar-refractivity contribution is 0.0660. The molecule has 0 aliphatic carbocycles. The van der Waals surface area contributed by atoms with E-state index in [9.17, 15) is 4.79 Å². The highest BCUT2D eigenvalue weighted by atomic mass is 32.1. The van der Waals surface area contributed by atoms with Crippen LogP contribution in [0.15, 0.2) is 0 Å². The highest BCUT2D eigenvalue weighted by Gasteiger charge is 2.27. The third-order valence-corrected chi connectivity index (χ3v) is 4.51. The Bertz CT molecular complexity index is 424. The Balaban J connectivity index is 2.16. The van der Waals surface area contributed by atoms with Gasteiger partial charge in [-0.05, 0) is 46.7 Å². The van der Waals surface area contributed by atoms with E-state index in [1.807, 2.05) is 18.7 Å². The van der Waals surface area contributed by atoms with Crippen molar-refractivity contribution >= 4 is 17.2 Å². The lowest BCUT2D eigenvalue weighted by Gasteiger charge is -2.33. The minimum absolute atomic E-state index is 0.160. The first-order chi connectivity index (χ1) is 8.63. The molecular formula is C13H21N3OS. The van der Waals surface area contributed by atoms with E-state index in [0.717, 1.165) is 48.1 Å². The Morgan fingerprint density at radius 3 is 2.61 bits per heavy atom. The summed E-state index contributed by atoms with van der Waals surface area (Å²) in [7, 11) is 0. The van der Waals surface area contributed by atoms with E-state index in [2.05, 4.69) is 17.2 Å². The zero-order valence-corrected chi connectivity index (χ0v) is 12.1. The summed E-state index contributed by atoms with van der Waals surface area (Å²) >= 11 is 1.51. The summed E-state index contributed by atoms with van der Waals surface area (Å²) in [4.78, 5) is 19.8. The van der Waals surface area contributed by atoms with Gasteiger partial charge in [0.2, 0.25) is 0 Å². The van der Waals surface area contributed by atoms with Crippen molar-refractivity contribution in [1.29, 1.82) is 0 Å². The maximum absolute atomic E-state index is 12.6. The third kappa shape index (κ3) is 2.72. The smallest absolute Gasteiger partial charge is 0.266 e. The van der Waals surface area contributed by atoms with Crippen molar-refractivity contribution in [3.63, 3.8) is 0 Å². The number of rotatable bonds is 3. The number of nitrogens with zero attached hydrogens (tertiary/aromatic N) is 2. The molecule has 1 fully saturated rings. The zero-order chi connectivity index (χ0) is 13.1. The molecule has 1 saturated heterocycles. The average Bonchev–Trinajstić information content (AvgIpc) is 2.70.